The van der Waals surface area contributed by atoms with Gasteiger partial charge in [-0.15, -0.1) is 0 Å². The number of benzene rings is 1. The van der Waals surface area contributed by atoms with Crippen LogP contribution in [0.25, 0.3) is 0 Å². The highest BCUT2D eigenvalue weighted by Gasteiger charge is 2.27. The average molecular weight is 389 g/mol. The Kier molecular flexibility index (Phi) is 5.14. The summed E-state index contributed by atoms with van der Waals surface area (Å²) in [5, 5.41) is 9.84. The molecule has 1 fully saturated rings. The minimum absolute atomic E-state index is 0.117. The van der Waals surface area contributed by atoms with Crippen molar-refractivity contribution in [3.63, 3.8) is 0 Å². The molecule has 0 spiro atoms. The van der Waals surface area contributed by atoms with Crippen molar-refractivity contribution >= 4 is 17.4 Å². The molecule has 2 aromatic heterocycles. The Bertz CT molecular complexity index is 1040. The van der Waals surface area contributed by atoms with E-state index < -0.39 is 0 Å². The summed E-state index contributed by atoms with van der Waals surface area (Å²) in [5.74, 6) is 0.966. The van der Waals surface area contributed by atoms with E-state index in [9.17, 15) is 9.90 Å². The molecule has 1 aliphatic heterocycles. The van der Waals surface area contributed by atoms with Crippen molar-refractivity contribution in [1.82, 2.24) is 14.9 Å². The Hall–Kier alpha value is -3.45. The SMILES string of the molecule is CN1CCN(c2cccc(C(=O)c3cccnc3N)n2)CC1c1cccc(O)c1. The monoisotopic (exact) mass is 389 g/mol. The Labute approximate surface area is 169 Å². The van der Waals surface area contributed by atoms with Crippen LogP contribution in [-0.4, -0.2) is 52.4 Å². The van der Waals surface area contributed by atoms with Gasteiger partial charge in [-0.1, -0.05) is 18.2 Å². The zero-order valence-corrected chi connectivity index (χ0v) is 16.2. The predicted octanol–water partition coefficient (Wildman–Crippen LogP) is 2.49. The number of nitrogen functional groups attached to an aromatic ring is 1. The molecule has 7 heteroatoms. The number of rotatable bonds is 4. The summed E-state index contributed by atoms with van der Waals surface area (Å²) in [6.07, 6.45) is 1.56. The number of nitrogens with zero attached hydrogens (tertiary/aromatic N) is 4. The average Bonchev–Trinajstić information content (AvgIpc) is 2.74. The normalized spacial score (nSPS) is 17.3. The van der Waals surface area contributed by atoms with Gasteiger partial charge in [0.05, 0.1) is 11.6 Å². The minimum atomic E-state index is -0.240. The quantitative estimate of drug-likeness (QED) is 0.662. The minimum Gasteiger partial charge on any atom is -0.508 e. The van der Waals surface area contributed by atoms with Crippen LogP contribution >= 0.6 is 0 Å². The Morgan fingerprint density at radius 3 is 2.76 bits per heavy atom. The zero-order chi connectivity index (χ0) is 20.4. The number of piperazine rings is 1. The number of likely N-dealkylation sites (N-methyl/N-ethyl adjacent to an activating group) is 1. The van der Waals surface area contributed by atoms with Gasteiger partial charge < -0.3 is 15.7 Å². The van der Waals surface area contributed by atoms with E-state index in [2.05, 4.69) is 26.8 Å². The summed E-state index contributed by atoms with van der Waals surface area (Å²) in [6, 6.07) is 16.2. The standard InChI is InChI=1S/C22H23N5O2/c1-26-11-12-27(14-19(26)15-5-2-6-16(28)13-15)20-9-3-8-18(25-20)21(29)17-7-4-10-24-22(17)23/h2-10,13,19,28H,11-12,14H2,1H3,(H2,23,24). The summed E-state index contributed by atoms with van der Waals surface area (Å²) < 4.78 is 0. The molecule has 0 bridgehead atoms. The van der Waals surface area contributed by atoms with E-state index in [4.69, 9.17) is 5.73 Å². The molecule has 1 atom stereocenters. The van der Waals surface area contributed by atoms with E-state index in [1.165, 1.54) is 0 Å². The maximum Gasteiger partial charge on any atom is 0.215 e. The molecule has 4 rings (SSSR count). The summed E-state index contributed by atoms with van der Waals surface area (Å²) >= 11 is 0. The molecule has 1 aromatic carbocycles. The van der Waals surface area contributed by atoms with Gasteiger partial charge in [-0.3, -0.25) is 9.69 Å². The van der Waals surface area contributed by atoms with E-state index >= 15 is 0 Å². The summed E-state index contributed by atoms with van der Waals surface area (Å²) in [4.78, 5) is 25.9. The Morgan fingerprint density at radius 2 is 1.97 bits per heavy atom. The molecule has 1 aliphatic rings. The number of hydrogen-bond donors (Lipinski definition) is 2. The number of phenolic OH excluding ortho intramolecular Hbond substituents is 1. The van der Waals surface area contributed by atoms with Crippen LogP contribution in [0.4, 0.5) is 11.6 Å². The molecular weight excluding hydrogens is 366 g/mol. The van der Waals surface area contributed by atoms with Crippen LogP contribution in [0.15, 0.2) is 60.8 Å². The number of nitrogens with two attached hydrogens (primary N) is 1. The van der Waals surface area contributed by atoms with Crippen LogP contribution in [0, 0.1) is 0 Å². The van der Waals surface area contributed by atoms with Crippen LogP contribution in [0.5, 0.6) is 5.75 Å². The molecule has 3 aromatic rings. The number of anilines is 2. The maximum absolute atomic E-state index is 12.8. The first kappa shape index (κ1) is 18.9. The van der Waals surface area contributed by atoms with Gasteiger partial charge in [0.1, 0.15) is 23.1 Å². The lowest BCUT2D eigenvalue weighted by molar-refractivity contribution is 0.103. The second-order valence-electron chi connectivity index (χ2n) is 7.18. The van der Waals surface area contributed by atoms with Crippen molar-refractivity contribution in [3.05, 3.63) is 77.6 Å². The molecule has 7 nitrogen and oxygen atoms in total. The third-order valence-electron chi connectivity index (χ3n) is 5.28. The van der Waals surface area contributed by atoms with Gasteiger partial charge in [-0.2, -0.15) is 0 Å². The number of hydrogen-bond acceptors (Lipinski definition) is 7. The first-order valence-corrected chi connectivity index (χ1v) is 9.49. The van der Waals surface area contributed by atoms with Gasteiger partial charge in [0.2, 0.25) is 5.78 Å². The first-order chi connectivity index (χ1) is 14.0. The molecule has 0 aliphatic carbocycles. The topological polar surface area (TPSA) is 95.6 Å². The fourth-order valence-electron chi connectivity index (χ4n) is 3.65. The van der Waals surface area contributed by atoms with Gasteiger partial charge in [-0.25, -0.2) is 9.97 Å². The van der Waals surface area contributed by atoms with Crippen LogP contribution in [0.2, 0.25) is 0 Å². The molecule has 0 radical (unpaired) electrons. The second kappa shape index (κ2) is 7.89. The molecule has 0 amide bonds. The van der Waals surface area contributed by atoms with Crippen LogP contribution < -0.4 is 10.6 Å². The van der Waals surface area contributed by atoms with Gasteiger partial charge in [-0.05, 0) is 49.0 Å². The number of phenols is 1. The zero-order valence-electron chi connectivity index (χ0n) is 16.2. The number of carbonyl (C=O) groups excluding carboxylic acids is 1. The molecule has 0 saturated carbocycles. The van der Waals surface area contributed by atoms with E-state index in [0.717, 1.165) is 24.5 Å². The predicted molar refractivity (Wildman–Crippen MR) is 112 cm³/mol. The smallest absolute Gasteiger partial charge is 0.215 e. The molecule has 148 valence electrons. The van der Waals surface area contributed by atoms with Crippen molar-refractivity contribution in [2.45, 2.75) is 6.04 Å². The summed E-state index contributed by atoms with van der Waals surface area (Å²) in [6.45, 7) is 2.35. The van der Waals surface area contributed by atoms with Gasteiger partial charge >= 0.3 is 0 Å². The summed E-state index contributed by atoms with van der Waals surface area (Å²) in [7, 11) is 2.07. The lowest BCUT2D eigenvalue weighted by atomic mass is 10.0. The van der Waals surface area contributed by atoms with Crippen LogP contribution in [0.3, 0.4) is 0 Å². The van der Waals surface area contributed by atoms with Crippen molar-refractivity contribution in [2.24, 2.45) is 0 Å². The largest absolute Gasteiger partial charge is 0.508 e. The molecule has 3 N–H and O–H groups in total. The van der Waals surface area contributed by atoms with E-state index in [-0.39, 0.29) is 23.4 Å². The fraction of sp³-hybridized carbons (Fsp3) is 0.227. The third kappa shape index (κ3) is 3.90. The van der Waals surface area contributed by atoms with Gasteiger partial charge in [0.15, 0.2) is 0 Å². The number of carbonyl (C=O) groups is 1. The third-order valence-corrected chi connectivity index (χ3v) is 5.28. The highest BCUT2D eigenvalue weighted by molar-refractivity contribution is 6.10. The van der Waals surface area contributed by atoms with E-state index in [1.807, 2.05) is 24.3 Å². The number of ketones is 1. The van der Waals surface area contributed by atoms with Gasteiger partial charge in [0.25, 0.3) is 0 Å². The fourth-order valence-corrected chi connectivity index (χ4v) is 3.65. The number of pyridine rings is 2. The van der Waals surface area contributed by atoms with Crippen molar-refractivity contribution < 1.29 is 9.90 Å². The Balaban J connectivity index is 1.59. The molecule has 1 saturated heterocycles. The molecule has 1 unspecified atom stereocenters. The van der Waals surface area contributed by atoms with E-state index in [1.54, 1.807) is 36.5 Å². The van der Waals surface area contributed by atoms with E-state index in [0.29, 0.717) is 17.8 Å². The van der Waals surface area contributed by atoms with Crippen molar-refractivity contribution in [2.75, 3.05) is 37.3 Å². The highest BCUT2D eigenvalue weighted by atomic mass is 16.3. The van der Waals surface area contributed by atoms with Crippen molar-refractivity contribution in [3.8, 4) is 5.75 Å². The number of aromatic hydroxyl groups is 1. The Morgan fingerprint density at radius 1 is 1.14 bits per heavy atom. The van der Waals surface area contributed by atoms with Crippen LogP contribution in [-0.2, 0) is 0 Å². The lowest BCUT2D eigenvalue weighted by Crippen LogP contribution is -2.47. The highest BCUT2D eigenvalue weighted by Crippen LogP contribution is 2.28. The maximum atomic E-state index is 12.8. The van der Waals surface area contributed by atoms with Gasteiger partial charge in [0, 0.05) is 25.8 Å². The van der Waals surface area contributed by atoms with Crippen molar-refractivity contribution in [1.29, 1.82) is 0 Å². The first-order valence-electron chi connectivity index (χ1n) is 9.49. The molecular formula is C22H23N5O2. The lowest BCUT2D eigenvalue weighted by Gasteiger charge is -2.40. The number of aromatic nitrogens is 2. The molecule has 29 heavy (non-hydrogen) atoms. The summed E-state index contributed by atoms with van der Waals surface area (Å²) in [5.41, 5.74) is 7.60. The second-order valence-corrected chi connectivity index (χ2v) is 7.18. The molecule has 3 heterocycles. The van der Waals surface area contributed by atoms with Crippen LogP contribution in [0.1, 0.15) is 27.7 Å².